The third-order valence-corrected chi connectivity index (χ3v) is 9.90. The molecule has 3 aromatic rings. The van der Waals surface area contributed by atoms with Gasteiger partial charge in [-0.25, -0.2) is 18.8 Å². The van der Waals surface area contributed by atoms with Crippen molar-refractivity contribution in [3.63, 3.8) is 0 Å². The van der Waals surface area contributed by atoms with Crippen molar-refractivity contribution in [3.05, 3.63) is 47.5 Å². The molecule has 0 spiro atoms. The van der Waals surface area contributed by atoms with E-state index in [1.54, 1.807) is 22.9 Å². The first-order valence-electron chi connectivity index (χ1n) is 14.2. The minimum Gasteiger partial charge on any atom is -0.379 e. The normalized spacial score (nSPS) is 19.6. The van der Waals surface area contributed by atoms with Gasteiger partial charge >= 0.3 is 10.2 Å². The highest BCUT2D eigenvalue weighted by molar-refractivity contribution is 7.87. The number of benzene rings is 1. The van der Waals surface area contributed by atoms with Gasteiger partial charge in [0, 0.05) is 52.2 Å². The standard InChI is InChI=1S/C28H36FN7O4S/c1-33(2)41(38,39)32-28(37)23-18-24(35-11-9-21(10-12-35)34-13-15-40-16-14-34)25-26(19-5-3-6-19)31-36(27(25)30-23)22-8-4-7-20(29)17-22/h4,7-8,17-19,21H,3,5-6,9-16H2,1-2H3,(H,32,37). The van der Waals surface area contributed by atoms with Crippen LogP contribution in [0.2, 0.25) is 0 Å². The Labute approximate surface area is 239 Å². The second-order valence-corrected chi connectivity index (χ2v) is 13.1. The van der Waals surface area contributed by atoms with Gasteiger partial charge in [-0.15, -0.1) is 0 Å². The van der Waals surface area contributed by atoms with Gasteiger partial charge in [-0.3, -0.25) is 9.69 Å². The van der Waals surface area contributed by atoms with Gasteiger partial charge in [0.25, 0.3) is 5.91 Å². The molecule has 4 heterocycles. The zero-order chi connectivity index (χ0) is 28.7. The lowest BCUT2D eigenvalue weighted by atomic mass is 9.82. The number of hydrogen-bond acceptors (Lipinski definition) is 8. The number of ether oxygens (including phenoxy) is 1. The Kier molecular flexibility index (Phi) is 7.70. The summed E-state index contributed by atoms with van der Waals surface area (Å²) in [5.41, 5.74) is 2.57. The van der Waals surface area contributed by atoms with Crippen molar-refractivity contribution in [1.29, 1.82) is 0 Å². The lowest BCUT2D eigenvalue weighted by molar-refractivity contribution is 0.0115. The minimum absolute atomic E-state index is 0.0362. The molecule has 1 amide bonds. The first-order chi connectivity index (χ1) is 19.7. The summed E-state index contributed by atoms with van der Waals surface area (Å²) in [4.78, 5) is 22.7. The van der Waals surface area contributed by atoms with Crippen LogP contribution in [0.25, 0.3) is 16.7 Å². The summed E-state index contributed by atoms with van der Waals surface area (Å²) in [6.07, 6.45) is 5.01. The number of hydrogen-bond donors (Lipinski definition) is 1. The van der Waals surface area contributed by atoms with E-state index in [1.807, 2.05) is 0 Å². The highest BCUT2D eigenvalue weighted by Crippen LogP contribution is 2.43. The summed E-state index contributed by atoms with van der Waals surface area (Å²) in [7, 11) is -1.34. The first kappa shape index (κ1) is 28.0. The third kappa shape index (κ3) is 5.55. The maximum absolute atomic E-state index is 14.3. The van der Waals surface area contributed by atoms with Crippen molar-refractivity contribution in [3.8, 4) is 5.69 Å². The molecule has 0 radical (unpaired) electrons. The van der Waals surface area contributed by atoms with E-state index in [1.165, 1.54) is 26.2 Å². The van der Waals surface area contributed by atoms with Gasteiger partial charge in [0.15, 0.2) is 5.65 Å². The fourth-order valence-electron chi connectivity index (χ4n) is 5.92. The molecule has 220 valence electrons. The van der Waals surface area contributed by atoms with E-state index >= 15 is 0 Å². The van der Waals surface area contributed by atoms with Crippen molar-refractivity contribution in [2.24, 2.45) is 0 Å². The molecule has 41 heavy (non-hydrogen) atoms. The molecule has 6 rings (SSSR count). The number of piperidine rings is 1. The number of amides is 1. The molecule has 2 saturated heterocycles. The van der Waals surface area contributed by atoms with Crippen LogP contribution >= 0.6 is 0 Å². The Morgan fingerprint density at radius 1 is 1.07 bits per heavy atom. The summed E-state index contributed by atoms with van der Waals surface area (Å²) < 4.78 is 49.5. The van der Waals surface area contributed by atoms with Crippen LogP contribution in [-0.2, 0) is 14.9 Å². The molecule has 2 aliphatic heterocycles. The molecule has 1 aromatic carbocycles. The summed E-state index contributed by atoms with van der Waals surface area (Å²) in [6.45, 7) is 4.91. The van der Waals surface area contributed by atoms with Crippen molar-refractivity contribution in [2.75, 3.05) is 58.4 Å². The van der Waals surface area contributed by atoms with E-state index in [2.05, 4.69) is 19.5 Å². The van der Waals surface area contributed by atoms with Crippen LogP contribution < -0.4 is 9.62 Å². The monoisotopic (exact) mass is 585 g/mol. The highest BCUT2D eigenvalue weighted by Gasteiger charge is 2.33. The molecule has 3 aliphatic rings. The predicted octanol–water partition coefficient (Wildman–Crippen LogP) is 2.66. The van der Waals surface area contributed by atoms with Crippen LogP contribution in [0.4, 0.5) is 10.1 Å². The van der Waals surface area contributed by atoms with Crippen LogP contribution in [0.1, 0.15) is 54.2 Å². The number of morpholine rings is 1. The molecule has 0 unspecified atom stereocenters. The topological polar surface area (TPSA) is 113 Å². The van der Waals surface area contributed by atoms with Crippen LogP contribution in [0.3, 0.4) is 0 Å². The minimum atomic E-state index is -4.03. The number of pyridine rings is 1. The van der Waals surface area contributed by atoms with Gasteiger partial charge in [0.2, 0.25) is 0 Å². The molecule has 1 aliphatic carbocycles. The molecule has 3 fully saturated rings. The van der Waals surface area contributed by atoms with Crippen LogP contribution in [0, 0.1) is 5.82 Å². The molecule has 1 saturated carbocycles. The van der Waals surface area contributed by atoms with E-state index in [-0.39, 0.29) is 11.6 Å². The average molecular weight is 586 g/mol. The molecule has 13 heteroatoms. The van der Waals surface area contributed by atoms with E-state index in [9.17, 15) is 17.6 Å². The van der Waals surface area contributed by atoms with E-state index in [4.69, 9.17) is 9.84 Å². The first-order valence-corrected chi connectivity index (χ1v) is 15.7. The highest BCUT2D eigenvalue weighted by atomic mass is 32.2. The second kappa shape index (κ2) is 11.3. The van der Waals surface area contributed by atoms with Crippen molar-refractivity contribution in [1.82, 2.24) is 28.7 Å². The van der Waals surface area contributed by atoms with Gasteiger partial charge in [0.05, 0.1) is 35.7 Å². The van der Waals surface area contributed by atoms with Gasteiger partial charge in [-0.05, 0) is 49.9 Å². The Bertz CT molecular complexity index is 1540. The number of carbonyl (C=O) groups excluding carboxylic acids is 1. The second-order valence-electron chi connectivity index (χ2n) is 11.2. The Morgan fingerprint density at radius 3 is 2.44 bits per heavy atom. The predicted molar refractivity (Wildman–Crippen MR) is 153 cm³/mol. The number of halogens is 1. The molecule has 11 nitrogen and oxygen atoms in total. The van der Waals surface area contributed by atoms with Crippen LogP contribution in [0.5, 0.6) is 0 Å². The maximum Gasteiger partial charge on any atom is 0.303 e. The van der Waals surface area contributed by atoms with Gasteiger partial charge in [0.1, 0.15) is 11.5 Å². The Hall–Kier alpha value is -3.13. The molecule has 0 atom stereocenters. The molecule has 0 bridgehead atoms. The smallest absolute Gasteiger partial charge is 0.303 e. The Morgan fingerprint density at radius 2 is 1.80 bits per heavy atom. The number of fused-ring (bicyclic) bond motifs is 1. The number of aromatic nitrogens is 3. The summed E-state index contributed by atoms with van der Waals surface area (Å²) >= 11 is 0. The van der Waals surface area contributed by atoms with E-state index in [0.717, 1.165) is 92.6 Å². The lowest BCUT2D eigenvalue weighted by Gasteiger charge is -2.41. The number of anilines is 1. The number of carbonyl (C=O) groups is 1. The molecular formula is C28H36FN7O4S. The summed E-state index contributed by atoms with van der Waals surface area (Å²) in [5.74, 6) is -0.998. The quantitative estimate of drug-likeness (QED) is 0.451. The third-order valence-electron chi connectivity index (χ3n) is 8.49. The largest absolute Gasteiger partial charge is 0.379 e. The molecule has 1 N–H and O–H groups in total. The summed E-state index contributed by atoms with van der Waals surface area (Å²) in [6, 6.07) is 8.26. The number of rotatable bonds is 7. The molecular weight excluding hydrogens is 549 g/mol. The SMILES string of the molecule is CN(C)S(=O)(=O)NC(=O)c1cc(N2CCC(N3CCOCC3)CC2)c2c(C3CCC3)nn(-c3cccc(F)c3)c2n1. The maximum atomic E-state index is 14.3. The Balaban J connectivity index is 1.45. The van der Waals surface area contributed by atoms with Crippen LogP contribution in [0.15, 0.2) is 30.3 Å². The molecule has 2 aromatic heterocycles. The van der Waals surface area contributed by atoms with Gasteiger partial charge in [-0.1, -0.05) is 12.5 Å². The van der Waals surface area contributed by atoms with Crippen molar-refractivity contribution < 1.29 is 22.3 Å². The van der Waals surface area contributed by atoms with E-state index in [0.29, 0.717) is 17.4 Å². The van der Waals surface area contributed by atoms with Crippen LogP contribution in [-0.4, -0.2) is 97.8 Å². The van der Waals surface area contributed by atoms with Crippen molar-refractivity contribution >= 4 is 32.8 Å². The van der Waals surface area contributed by atoms with Crippen molar-refractivity contribution in [2.45, 2.75) is 44.1 Å². The van der Waals surface area contributed by atoms with Gasteiger partial charge in [-0.2, -0.15) is 17.8 Å². The number of nitrogens with zero attached hydrogens (tertiary/aromatic N) is 6. The lowest BCUT2D eigenvalue weighted by Crippen LogP contribution is -2.49. The van der Waals surface area contributed by atoms with E-state index < -0.39 is 21.9 Å². The fourth-order valence-corrected chi connectivity index (χ4v) is 6.44. The number of nitrogens with one attached hydrogen (secondary N) is 1. The zero-order valence-corrected chi connectivity index (χ0v) is 24.2. The average Bonchev–Trinajstić information content (AvgIpc) is 3.31. The fraction of sp³-hybridized carbons (Fsp3) is 0.536. The van der Waals surface area contributed by atoms with Gasteiger partial charge < -0.3 is 9.64 Å². The summed E-state index contributed by atoms with van der Waals surface area (Å²) in [5, 5.41) is 5.79. The zero-order valence-electron chi connectivity index (χ0n) is 23.4.